The lowest BCUT2D eigenvalue weighted by molar-refractivity contribution is -0.137. The number of ether oxygens (including phenoxy) is 2. The molecule has 0 bridgehead atoms. The van der Waals surface area contributed by atoms with Gasteiger partial charge in [-0.2, -0.15) is 0 Å². The third kappa shape index (κ3) is 3.89. The number of rotatable bonds is 3. The van der Waals surface area contributed by atoms with Crippen molar-refractivity contribution in [2.75, 3.05) is 37.9 Å². The molecular formula is C23H29N3O5. The van der Waals surface area contributed by atoms with Crippen LogP contribution in [0.4, 0.5) is 5.69 Å². The number of piperidine rings is 1. The van der Waals surface area contributed by atoms with Gasteiger partial charge in [0.2, 0.25) is 18.6 Å². The number of carbonyl (C=O) groups excluding carboxylic acids is 3. The van der Waals surface area contributed by atoms with Crippen molar-refractivity contribution >= 4 is 23.4 Å². The molecule has 0 aromatic heterocycles. The summed E-state index contributed by atoms with van der Waals surface area (Å²) in [6.07, 6.45) is 6.28. The first kappa shape index (κ1) is 20.3. The minimum absolute atomic E-state index is 0.0338. The number of likely N-dealkylation sites (tertiary alicyclic amines) is 2. The Labute approximate surface area is 182 Å². The van der Waals surface area contributed by atoms with Crippen molar-refractivity contribution in [3.63, 3.8) is 0 Å². The lowest BCUT2D eigenvalue weighted by Crippen LogP contribution is -2.48. The zero-order chi connectivity index (χ0) is 21.4. The summed E-state index contributed by atoms with van der Waals surface area (Å²) in [5.41, 5.74) is 0.521. The number of fused-ring (bicyclic) bond motifs is 1. The number of hydrogen-bond donors (Lipinski definition) is 0. The second kappa shape index (κ2) is 8.49. The van der Waals surface area contributed by atoms with Gasteiger partial charge in [0, 0.05) is 25.1 Å². The highest BCUT2D eigenvalue weighted by Crippen LogP contribution is 2.37. The summed E-state index contributed by atoms with van der Waals surface area (Å²) in [5.74, 6) is 1.09. The lowest BCUT2D eigenvalue weighted by Gasteiger charge is -2.36. The van der Waals surface area contributed by atoms with Gasteiger partial charge in [0.15, 0.2) is 11.5 Å². The molecule has 0 saturated carbocycles. The van der Waals surface area contributed by atoms with Gasteiger partial charge in [-0.15, -0.1) is 0 Å². The molecule has 3 saturated heterocycles. The maximum Gasteiger partial charge on any atom is 0.251 e. The van der Waals surface area contributed by atoms with Crippen molar-refractivity contribution in [3.8, 4) is 11.5 Å². The zero-order valence-corrected chi connectivity index (χ0v) is 17.8. The van der Waals surface area contributed by atoms with Crippen LogP contribution >= 0.6 is 0 Å². The SMILES string of the molecule is O=C(C1CCN(C2CC(=O)N(c3ccc4c(c3)OCO4)C2=O)CC1)N1CCCCCC1. The average molecular weight is 428 g/mol. The van der Waals surface area contributed by atoms with E-state index in [0.29, 0.717) is 30.3 Å². The molecule has 1 unspecified atom stereocenters. The molecule has 4 aliphatic heterocycles. The predicted octanol–water partition coefficient (Wildman–Crippen LogP) is 2.16. The molecule has 3 fully saturated rings. The molecule has 8 heteroatoms. The fourth-order valence-corrected chi connectivity index (χ4v) is 5.20. The van der Waals surface area contributed by atoms with Crippen LogP contribution in [0.5, 0.6) is 11.5 Å². The Balaban J connectivity index is 1.21. The third-order valence-electron chi connectivity index (χ3n) is 6.97. The van der Waals surface area contributed by atoms with E-state index in [4.69, 9.17) is 9.47 Å². The Morgan fingerprint density at radius 3 is 2.35 bits per heavy atom. The van der Waals surface area contributed by atoms with Crippen LogP contribution in [0.2, 0.25) is 0 Å². The van der Waals surface area contributed by atoms with E-state index in [9.17, 15) is 14.4 Å². The second-order valence-corrected chi connectivity index (χ2v) is 8.87. The summed E-state index contributed by atoms with van der Waals surface area (Å²) >= 11 is 0. The van der Waals surface area contributed by atoms with E-state index < -0.39 is 6.04 Å². The summed E-state index contributed by atoms with van der Waals surface area (Å²) in [6.45, 7) is 3.23. The number of nitrogens with zero attached hydrogens (tertiary/aromatic N) is 3. The van der Waals surface area contributed by atoms with Crippen molar-refractivity contribution in [1.29, 1.82) is 0 Å². The summed E-state index contributed by atoms with van der Waals surface area (Å²) < 4.78 is 10.7. The van der Waals surface area contributed by atoms with Gasteiger partial charge in [0.1, 0.15) is 0 Å². The first-order valence-electron chi connectivity index (χ1n) is 11.4. The quantitative estimate of drug-likeness (QED) is 0.688. The van der Waals surface area contributed by atoms with E-state index in [0.717, 1.165) is 38.8 Å². The van der Waals surface area contributed by atoms with E-state index in [2.05, 4.69) is 4.90 Å². The van der Waals surface area contributed by atoms with E-state index in [-0.39, 0.29) is 36.9 Å². The van der Waals surface area contributed by atoms with Crippen LogP contribution in [0.3, 0.4) is 0 Å². The third-order valence-corrected chi connectivity index (χ3v) is 6.97. The maximum atomic E-state index is 13.1. The van der Waals surface area contributed by atoms with Crippen molar-refractivity contribution < 1.29 is 23.9 Å². The summed E-state index contributed by atoms with van der Waals surface area (Å²) in [6, 6.07) is 4.68. The van der Waals surface area contributed by atoms with Crippen molar-refractivity contribution in [2.24, 2.45) is 5.92 Å². The zero-order valence-electron chi connectivity index (χ0n) is 17.8. The van der Waals surface area contributed by atoms with E-state index in [1.54, 1.807) is 18.2 Å². The van der Waals surface area contributed by atoms with Gasteiger partial charge in [0.25, 0.3) is 5.91 Å². The van der Waals surface area contributed by atoms with Gasteiger partial charge in [0.05, 0.1) is 18.2 Å². The number of benzene rings is 1. The van der Waals surface area contributed by atoms with Crippen LogP contribution in [-0.2, 0) is 14.4 Å². The number of anilines is 1. The van der Waals surface area contributed by atoms with E-state index in [1.807, 2.05) is 4.90 Å². The Bertz CT molecular complexity index is 872. The second-order valence-electron chi connectivity index (χ2n) is 8.87. The van der Waals surface area contributed by atoms with Crippen LogP contribution in [0, 0.1) is 5.92 Å². The molecule has 0 aliphatic carbocycles. The fourth-order valence-electron chi connectivity index (χ4n) is 5.20. The molecule has 0 spiro atoms. The monoisotopic (exact) mass is 427 g/mol. The van der Waals surface area contributed by atoms with Gasteiger partial charge >= 0.3 is 0 Å². The van der Waals surface area contributed by atoms with Crippen LogP contribution in [0.25, 0.3) is 0 Å². The molecule has 1 aromatic carbocycles. The standard InChI is InChI=1S/C23H29N3O5/c27-21-14-18(23(29)26(21)17-5-6-19-20(13-17)31-15-30-19)24-11-7-16(8-12-24)22(28)25-9-3-1-2-4-10-25/h5-6,13,16,18H,1-4,7-12,14-15H2. The molecule has 4 aliphatic rings. The Hall–Kier alpha value is -2.61. The fraction of sp³-hybridized carbons (Fsp3) is 0.609. The van der Waals surface area contributed by atoms with Crippen LogP contribution < -0.4 is 14.4 Å². The summed E-state index contributed by atoms with van der Waals surface area (Å²) in [4.78, 5) is 44.2. The van der Waals surface area contributed by atoms with Gasteiger partial charge in [-0.05, 0) is 50.9 Å². The molecule has 0 radical (unpaired) electrons. The minimum atomic E-state index is -0.452. The van der Waals surface area contributed by atoms with Crippen molar-refractivity contribution in [2.45, 2.75) is 51.0 Å². The molecule has 31 heavy (non-hydrogen) atoms. The number of carbonyl (C=O) groups is 3. The highest BCUT2D eigenvalue weighted by atomic mass is 16.7. The van der Waals surface area contributed by atoms with Crippen LogP contribution in [0.15, 0.2) is 18.2 Å². The summed E-state index contributed by atoms with van der Waals surface area (Å²) in [5, 5.41) is 0. The van der Waals surface area contributed by atoms with Crippen molar-refractivity contribution in [3.05, 3.63) is 18.2 Å². The van der Waals surface area contributed by atoms with Gasteiger partial charge in [-0.3, -0.25) is 19.3 Å². The smallest absolute Gasteiger partial charge is 0.251 e. The number of amides is 3. The summed E-state index contributed by atoms with van der Waals surface area (Å²) in [7, 11) is 0. The van der Waals surface area contributed by atoms with E-state index in [1.165, 1.54) is 17.7 Å². The molecule has 4 heterocycles. The van der Waals surface area contributed by atoms with Gasteiger partial charge in [-0.25, -0.2) is 4.90 Å². The highest BCUT2D eigenvalue weighted by Gasteiger charge is 2.44. The largest absolute Gasteiger partial charge is 0.454 e. The topological polar surface area (TPSA) is 79.4 Å². The van der Waals surface area contributed by atoms with Crippen molar-refractivity contribution in [1.82, 2.24) is 9.80 Å². The molecular weight excluding hydrogens is 398 g/mol. The normalized spacial score (nSPS) is 25.2. The van der Waals surface area contributed by atoms with Gasteiger partial charge < -0.3 is 14.4 Å². The molecule has 3 amide bonds. The average Bonchev–Trinajstić information content (AvgIpc) is 3.25. The molecule has 5 rings (SSSR count). The Morgan fingerprint density at radius 1 is 0.903 bits per heavy atom. The molecule has 0 N–H and O–H groups in total. The first-order valence-corrected chi connectivity index (χ1v) is 11.4. The first-order chi connectivity index (χ1) is 15.1. The highest BCUT2D eigenvalue weighted by molar-refractivity contribution is 6.22. The van der Waals surface area contributed by atoms with Crippen LogP contribution in [-0.4, -0.2) is 66.5 Å². The van der Waals surface area contributed by atoms with E-state index >= 15 is 0 Å². The van der Waals surface area contributed by atoms with Crippen LogP contribution in [0.1, 0.15) is 44.9 Å². The number of imide groups is 1. The molecule has 8 nitrogen and oxygen atoms in total. The maximum absolute atomic E-state index is 13.1. The number of hydrogen-bond acceptors (Lipinski definition) is 6. The Kier molecular flexibility index (Phi) is 5.56. The Morgan fingerprint density at radius 2 is 1.61 bits per heavy atom. The molecule has 1 aromatic rings. The minimum Gasteiger partial charge on any atom is -0.454 e. The molecule has 166 valence electrons. The molecule has 1 atom stereocenters. The lowest BCUT2D eigenvalue weighted by atomic mass is 9.94. The predicted molar refractivity (Wildman–Crippen MR) is 113 cm³/mol. The van der Waals surface area contributed by atoms with Gasteiger partial charge in [-0.1, -0.05) is 12.8 Å².